The van der Waals surface area contributed by atoms with Crippen LogP contribution in [0.15, 0.2) is 54.6 Å². The monoisotopic (exact) mass is 747 g/mol. The topological polar surface area (TPSA) is 162 Å². The van der Waals surface area contributed by atoms with Crippen LogP contribution in [0.5, 0.6) is 17.2 Å². The predicted molar refractivity (Wildman–Crippen MR) is 211 cm³/mol. The van der Waals surface area contributed by atoms with Gasteiger partial charge in [-0.05, 0) is 109 Å². The molecule has 3 aromatic carbocycles. The van der Waals surface area contributed by atoms with Gasteiger partial charge in [-0.3, -0.25) is 14.4 Å². The van der Waals surface area contributed by atoms with E-state index in [-0.39, 0.29) is 40.6 Å². The molecule has 4 N–H and O–H groups in total. The third-order valence-corrected chi connectivity index (χ3v) is 8.22. The van der Waals surface area contributed by atoms with Gasteiger partial charge in [0, 0.05) is 33.1 Å². The molecule has 0 aromatic heterocycles. The zero-order chi connectivity index (χ0) is 39.8. The lowest BCUT2D eigenvalue weighted by Crippen LogP contribution is -2.33. The van der Waals surface area contributed by atoms with E-state index in [1.54, 1.807) is 52.1 Å². The SMILES string of the molecule is COc1c(C(=O)c2ccccc2OCCCNC(=O)OC(C)(C)C)ccc(C(=O)N(C)c2ccc(C)cc2OCCCCCC(=O)NCCN(C)C)c1N. The highest BCUT2D eigenvalue weighted by molar-refractivity contribution is 6.16. The number of unbranched alkanes of at least 4 members (excludes halogenated alkanes) is 2. The van der Waals surface area contributed by atoms with Crippen molar-refractivity contribution in [3.8, 4) is 17.2 Å². The van der Waals surface area contributed by atoms with Crippen LogP contribution in [0.2, 0.25) is 0 Å². The molecule has 0 atom stereocenters. The Bertz CT molecular complexity index is 1740. The maximum Gasteiger partial charge on any atom is 0.407 e. The van der Waals surface area contributed by atoms with Gasteiger partial charge < -0.3 is 45.1 Å². The molecule has 3 rings (SSSR count). The first-order valence-electron chi connectivity index (χ1n) is 18.3. The second-order valence-electron chi connectivity index (χ2n) is 14.2. The number of aryl methyl sites for hydroxylation is 1. The summed E-state index contributed by atoms with van der Waals surface area (Å²) in [6.07, 6.45) is 2.75. The van der Waals surface area contributed by atoms with Gasteiger partial charge in [-0.25, -0.2) is 4.79 Å². The summed E-state index contributed by atoms with van der Waals surface area (Å²) in [6.45, 7) is 9.72. The number of nitrogens with one attached hydrogen (secondary N) is 2. The Hall–Kier alpha value is -5.30. The molecule has 0 radical (unpaired) electrons. The second-order valence-corrected chi connectivity index (χ2v) is 14.2. The Morgan fingerprint density at radius 2 is 1.46 bits per heavy atom. The number of nitrogens with two attached hydrogens (primary N) is 1. The van der Waals surface area contributed by atoms with Gasteiger partial charge in [-0.1, -0.05) is 18.2 Å². The fraction of sp³-hybridized carbons (Fsp3) is 0.463. The van der Waals surface area contributed by atoms with Gasteiger partial charge in [0.05, 0.1) is 48.4 Å². The Kier molecular flexibility index (Phi) is 16.6. The third-order valence-electron chi connectivity index (χ3n) is 8.22. The standard InChI is InChI=1S/C41H57N5O8/c1-28-18-21-32(34(27-28)53-25-13-9-10-17-35(47)43-23-24-45(5)6)46(7)39(49)30-19-20-31(38(51-8)36(30)42)37(48)29-15-11-12-16-33(29)52-26-14-22-44-40(50)54-41(2,3)4/h11-12,15-16,18-21,27H,9-10,13-14,17,22-26,42H2,1-8H3,(H,43,47)(H,44,50). The molecular formula is C41H57N5O8. The second kappa shape index (κ2) is 20.8. The number of amides is 3. The molecule has 0 saturated carbocycles. The first kappa shape index (κ1) is 43.1. The molecule has 0 fully saturated rings. The van der Waals surface area contributed by atoms with Crippen LogP contribution in [0.1, 0.15) is 84.7 Å². The lowest BCUT2D eigenvalue weighted by molar-refractivity contribution is -0.121. The largest absolute Gasteiger partial charge is 0.494 e. The molecule has 0 aliphatic heterocycles. The number of nitrogen functional groups attached to an aromatic ring is 1. The zero-order valence-corrected chi connectivity index (χ0v) is 33.0. The highest BCUT2D eigenvalue weighted by atomic mass is 16.6. The summed E-state index contributed by atoms with van der Waals surface area (Å²) in [7, 11) is 6.96. The average Bonchev–Trinajstić information content (AvgIpc) is 3.11. The van der Waals surface area contributed by atoms with Crippen LogP contribution in [-0.2, 0) is 9.53 Å². The number of ketones is 1. The van der Waals surface area contributed by atoms with Crippen molar-refractivity contribution in [1.82, 2.24) is 15.5 Å². The van der Waals surface area contributed by atoms with Crippen LogP contribution < -0.4 is 35.5 Å². The van der Waals surface area contributed by atoms with Crippen LogP contribution in [-0.4, -0.2) is 95.3 Å². The number of benzene rings is 3. The van der Waals surface area contributed by atoms with Crippen molar-refractivity contribution in [2.24, 2.45) is 0 Å². The summed E-state index contributed by atoms with van der Waals surface area (Å²) < 4.78 is 22.9. The molecule has 0 aliphatic rings. The number of para-hydroxylation sites is 1. The molecule has 13 nitrogen and oxygen atoms in total. The van der Waals surface area contributed by atoms with Crippen LogP contribution >= 0.6 is 0 Å². The van der Waals surface area contributed by atoms with Gasteiger partial charge in [0.2, 0.25) is 11.7 Å². The van der Waals surface area contributed by atoms with Crippen molar-refractivity contribution < 1.29 is 38.1 Å². The Labute approximate surface area is 319 Å². The molecule has 0 unspecified atom stereocenters. The average molecular weight is 748 g/mol. The Morgan fingerprint density at radius 3 is 2.17 bits per heavy atom. The van der Waals surface area contributed by atoms with E-state index >= 15 is 0 Å². The molecule has 13 heteroatoms. The first-order chi connectivity index (χ1) is 25.6. The number of methoxy groups -OCH3 is 1. The van der Waals surface area contributed by atoms with E-state index in [0.29, 0.717) is 49.7 Å². The number of carbonyl (C=O) groups is 4. The number of alkyl carbamates (subject to hydrolysis) is 1. The summed E-state index contributed by atoms with van der Waals surface area (Å²) in [5.41, 5.74) is 8.09. The number of likely N-dealkylation sites (N-methyl/N-ethyl adjacent to an activating group) is 1. The van der Waals surface area contributed by atoms with Gasteiger partial charge in [-0.2, -0.15) is 0 Å². The lowest BCUT2D eigenvalue weighted by Gasteiger charge is -2.23. The normalized spacial score (nSPS) is 11.1. The first-order valence-corrected chi connectivity index (χ1v) is 18.3. The minimum atomic E-state index is -0.597. The van der Waals surface area contributed by atoms with Gasteiger partial charge >= 0.3 is 6.09 Å². The molecule has 3 aromatic rings. The molecule has 3 amide bonds. The zero-order valence-electron chi connectivity index (χ0n) is 33.0. The summed E-state index contributed by atoms with van der Waals surface area (Å²) in [4.78, 5) is 55.2. The fourth-order valence-electron chi connectivity index (χ4n) is 5.43. The van der Waals surface area contributed by atoms with E-state index in [1.165, 1.54) is 24.1 Å². The van der Waals surface area contributed by atoms with Gasteiger partial charge in [0.1, 0.15) is 17.1 Å². The molecule has 0 spiro atoms. The molecule has 54 heavy (non-hydrogen) atoms. The van der Waals surface area contributed by atoms with E-state index in [2.05, 4.69) is 10.6 Å². The highest BCUT2D eigenvalue weighted by Gasteiger charge is 2.26. The quantitative estimate of drug-likeness (QED) is 0.0710. The van der Waals surface area contributed by atoms with Crippen molar-refractivity contribution in [2.75, 3.05) is 71.7 Å². The summed E-state index contributed by atoms with van der Waals surface area (Å²) in [5.74, 6) is 0.205. The highest BCUT2D eigenvalue weighted by Crippen LogP contribution is 2.36. The molecule has 0 heterocycles. The predicted octanol–water partition coefficient (Wildman–Crippen LogP) is 6.00. The van der Waals surface area contributed by atoms with Gasteiger partial charge in [0.25, 0.3) is 5.91 Å². The van der Waals surface area contributed by atoms with Crippen molar-refractivity contribution >= 4 is 35.1 Å². The molecule has 0 aliphatic carbocycles. The number of ether oxygens (including phenoxy) is 4. The smallest absolute Gasteiger partial charge is 0.407 e. The van der Waals surface area contributed by atoms with Crippen LogP contribution in [0.25, 0.3) is 0 Å². The number of anilines is 2. The molecule has 0 saturated heterocycles. The number of rotatable bonds is 20. The van der Waals surface area contributed by atoms with Gasteiger partial charge in [-0.15, -0.1) is 0 Å². The minimum Gasteiger partial charge on any atom is -0.494 e. The minimum absolute atomic E-state index is 0.0205. The van der Waals surface area contributed by atoms with E-state index in [0.717, 1.165) is 31.4 Å². The van der Waals surface area contributed by atoms with Crippen molar-refractivity contribution in [3.05, 3.63) is 76.9 Å². The summed E-state index contributed by atoms with van der Waals surface area (Å²) in [5, 5.41) is 5.61. The number of carbonyl (C=O) groups excluding carboxylic acids is 4. The molecule has 294 valence electrons. The maximum absolute atomic E-state index is 13.9. The van der Waals surface area contributed by atoms with E-state index in [4.69, 9.17) is 24.7 Å². The van der Waals surface area contributed by atoms with Crippen molar-refractivity contribution in [3.63, 3.8) is 0 Å². The van der Waals surface area contributed by atoms with E-state index < -0.39 is 23.4 Å². The summed E-state index contributed by atoms with van der Waals surface area (Å²) >= 11 is 0. The number of nitrogens with zero attached hydrogens (tertiary/aromatic N) is 2. The lowest BCUT2D eigenvalue weighted by atomic mass is 9.98. The van der Waals surface area contributed by atoms with E-state index in [9.17, 15) is 19.2 Å². The van der Waals surface area contributed by atoms with E-state index in [1.807, 2.05) is 44.1 Å². The molecule has 0 bridgehead atoms. The Balaban J connectivity index is 1.66. The van der Waals surface area contributed by atoms with Crippen molar-refractivity contribution in [1.29, 1.82) is 0 Å². The van der Waals surface area contributed by atoms with Crippen LogP contribution in [0.4, 0.5) is 16.2 Å². The number of hydrogen-bond donors (Lipinski definition) is 3. The fourth-order valence-corrected chi connectivity index (χ4v) is 5.43. The van der Waals surface area contributed by atoms with Gasteiger partial charge in [0.15, 0.2) is 5.75 Å². The number of hydrogen-bond acceptors (Lipinski definition) is 10. The third kappa shape index (κ3) is 13.3. The van der Waals surface area contributed by atoms with Crippen molar-refractivity contribution in [2.45, 2.75) is 65.4 Å². The maximum atomic E-state index is 13.9. The van der Waals surface area contributed by atoms with Crippen LogP contribution in [0, 0.1) is 6.92 Å². The molecular weight excluding hydrogens is 690 g/mol. The summed E-state index contributed by atoms with van der Waals surface area (Å²) in [6, 6.07) is 15.4. The Morgan fingerprint density at radius 1 is 0.778 bits per heavy atom. The van der Waals surface area contributed by atoms with Crippen LogP contribution in [0.3, 0.4) is 0 Å².